The average molecular weight is 306 g/mol. The lowest BCUT2D eigenvalue weighted by atomic mass is 10.0. The lowest BCUT2D eigenvalue weighted by molar-refractivity contribution is -0.139. The molecule has 1 rings (SSSR count). The second-order valence-electron chi connectivity index (χ2n) is 4.17. The molecule has 0 heterocycles. The van der Waals surface area contributed by atoms with Crippen LogP contribution in [0.1, 0.15) is 5.56 Å². The number of hydrogen-bond donors (Lipinski definition) is 0. The molecule has 0 atom stereocenters. The summed E-state index contributed by atoms with van der Waals surface area (Å²) in [4.78, 5) is 23.5. The third-order valence-corrected chi connectivity index (χ3v) is 2.85. The maximum atomic E-state index is 11.9. The normalized spacial score (nSPS) is 10.6. The Morgan fingerprint density at radius 2 is 1.41 bits per heavy atom. The molecule has 6 heteroatoms. The van der Waals surface area contributed by atoms with Crippen LogP contribution in [-0.4, -0.2) is 40.4 Å². The molecule has 0 spiro atoms. The smallest absolute Gasteiger partial charge is 0.338 e. The van der Waals surface area contributed by atoms with Gasteiger partial charge in [-0.15, -0.1) is 0 Å². The van der Waals surface area contributed by atoms with E-state index in [1.807, 2.05) is 0 Å². The predicted molar refractivity (Wildman–Crippen MR) is 80.7 cm³/mol. The summed E-state index contributed by atoms with van der Waals surface area (Å²) in [6, 6.07) is 5.04. The zero-order valence-electron chi connectivity index (χ0n) is 13.0. The second-order valence-corrected chi connectivity index (χ2v) is 4.17. The molecule has 0 aliphatic carbocycles. The number of hydrogen-bond acceptors (Lipinski definition) is 6. The van der Waals surface area contributed by atoms with Crippen molar-refractivity contribution in [1.82, 2.24) is 0 Å². The van der Waals surface area contributed by atoms with Gasteiger partial charge in [0.05, 0.1) is 39.6 Å². The van der Waals surface area contributed by atoms with E-state index in [4.69, 9.17) is 9.47 Å². The minimum Gasteiger partial charge on any atom is -0.497 e. The number of carbonyl (C=O) groups excluding carboxylic acids is 2. The van der Waals surface area contributed by atoms with Gasteiger partial charge in [0.15, 0.2) is 0 Å². The average Bonchev–Trinajstić information content (AvgIpc) is 2.56. The van der Waals surface area contributed by atoms with Crippen molar-refractivity contribution in [2.45, 2.75) is 0 Å². The van der Waals surface area contributed by atoms with Crippen molar-refractivity contribution >= 4 is 18.0 Å². The fourth-order valence-electron chi connectivity index (χ4n) is 1.69. The number of benzene rings is 1. The lowest BCUT2D eigenvalue weighted by Gasteiger charge is -2.09. The van der Waals surface area contributed by atoms with E-state index in [9.17, 15) is 9.59 Å². The molecule has 0 saturated carbocycles. The van der Waals surface area contributed by atoms with Crippen molar-refractivity contribution in [2.75, 3.05) is 28.4 Å². The van der Waals surface area contributed by atoms with Crippen molar-refractivity contribution in [2.24, 2.45) is 0 Å². The van der Waals surface area contributed by atoms with Gasteiger partial charge < -0.3 is 18.9 Å². The number of ether oxygens (including phenoxy) is 4. The quantitative estimate of drug-likeness (QED) is 0.455. The van der Waals surface area contributed by atoms with E-state index in [1.165, 1.54) is 34.5 Å². The second kappa shape index (κ2) is 7.87. The fraction of sp³-hybridized carbons (Fsp3) is 0.250. The topological polar surface area (TPSA) is 71.1 Å². The van der Waals surface area contributed by atoms with Crippen molar-refractivity contribution in [1.29, 1.82) is 0 Å². The SMILES string of the molecule is C=C(C(=O)OC)/C(=C\c1cc(OC)cc(OC)c1)C(=O)OC. The van der Waals surface area contributed by atoms with E-state index in [0.717, 1.165) is 0 Å². The maximum Gasteiger partial charge on any atom is 0.338 e. The molecule has 0 fully saturated rings. The Labute approximate surface area is 128 Å². The minimum atomic E-state index is -0.716. The van der Waals surface area contributed by atoms with Crippen LogP contribution >= 0.6 is 0 Å². The van der Waals surface area contributed by atoms with Crippen LogP contribution < -0.4 is 9.47 Å². The predicted octanol–water partition coefficient (Wildman–Crippen LogP) is 1.99. The highest BCUT2D eigenvalue weighted by Gasteiger charge is 2.20. The van der Waals surface area contributed by atoms with Gasteiger partial charge in [-0.05, 0) is 23.8 Å². The van der Waals surface area contributed by atoms with Gasteiger partial charge in [0.1, 0.15) is 11.5 Å². The van der Waals surface area contributed by atoms with Gasteiger partial charge in [-0.25, -0.2) is 9.59 Å². The van der Waals surface area contributed by atoms with Crippen LogP contribution in [0.4, 0.5) is 0 Å². The first-order valence-electron chi connectivity index (χ1n) is 6.27. The van der Waals surface area contributed by atoms with Crippen LogP contribution in [0.2, 0.25) is 0 Å². The van der Waals surface area contributed by atoms with Crippen molar-refractivity contribution in [3.63, 3.8) is 0 Å². The largest absolute Gasteiger partial charge is 0.497 e. The molecule has 0 bridgehead atoms. The highest BCUT2D eigenvalue weighted by molar-refractivity contribution is 6.09. The van der Waals surface area contributed by atoms with E-state index in [1.54, 1.807) is 18.2 Å². The number of esters is 2. The van der Waals surface area contributed by atoms with Crippen molar-refractivity contribution in [3.8, 4) is 11.5 Å². The van der Waals surface area contributed by atoms with Gasteiger partial charge in [0.2, 0.25) is 0 Å². The summed E-state index contributed by atoms with van der Waals surface area (Å²) in [6.45, 7) is 3.57. The van der Waals surface area contributed by atoms with Gasteiger partial charge in [-0.1, -0.05) is 6.58 Å². The molecule has 0 aromatic heterocycles. The van der Waals surface area contributed by atoms with Gasteiger partial charge in [0, 0.05) is 6.07 Å². The lowest BCUT2D eigenvalue weighted by Crippen LogP contribution is -2.14. The Morgan fingerprint density at radius 3 is 1.82 bits per heavy atom. The molecule has 22 heavy (non-hydrogen) atoms. The third kappa shape index (κ3) is 4.12. The van der Waals surface area contributed by atoms with Crippen LogP contribution in [0.5, 0.6) is 11.5 Å². The van der Waals surface area contributed by atoms with Gasteiger partial charge >= 0.3 is 11.9 Å². The van der Waals surface area contributed by atoms with Crippen LogP contribution in [-0.2, 0) is 19.1 Å². The molecule has 0 N–H and O–H groups in total. The van der Waals surface area contributed by atoms with Gasteiger partial charge in [0.25, 0.3) is 0 Å². The molecule has 1 aromatic rings. The first-order valence-corrected chi connectivity index (χ1v) is 6.27. The van der Waals surface area contributed by atoms with E-state index in [0.29, 0.717) is 17.1 Å². The fourth-order valence-corrected chi connectivity index (χ4v) is 1.69. The van der Waals surface area contributed by atoms with E-state index < -0.39 is 11.9 Å². The van der Waals surface area contributed by atoms with Gasteiger partial charge in [-0.2, -0.15) is 0 Å². The van der Waals surface area contributed by atoms with Gasteiger partial charge in [-0.3, -0.25) is 0 Å². The first kappa shape index (κ1) is 17.3. The molecular weight excluding hydrogens is 288 g/mol. The zero-order valence-corrected chi connectivity index (χ0v) is 13.0. The van der Waals surface area contributed by atoms with E-state index in [-0.39, 0.29) is 11.1 Å². The molecule has 0 saturated heterocycles. The Morgan fingerprint density at radius 1 is 0.909 bits per heavy atom. The molecule has 0 aliphatic heterocycles. The molecular formula is C16H18O6. The van der Waals surface area contributed by atoms with Crippen LogP contribution in [0.25, 0.3) is 6.08 Å². The zero-order chi connectivity index (χ0) is 16.7. The summed E-state index contributed by atoms with van der Waals surface area (Å²) in [7, 11) is 5.44. The van der Waals surface area contributed by atoms with Crippen molar-refractivity contribution in [3.05, 3.63) is 41.5 Å². The monoisotopic (exact) mass is 306 g/mol. The molecule has 0 amide bonds. The Kier molecular flexibility index (Phi) is 6.19. The Balaban J connectivity index is 3.35. The maximum absolute atomic E-state index is 11.9. The van der Waals surface area contributed by atoms with E-state index >= 15 is 0 Å². The summed E-state index contributed by atoms with van der Waals surface area (Å²) in [5, 5.41) is 0. The van der Waals surface area contributed by atoms with Crippen molar-refractivity contribution < 1.29 is 28.5 Å². The Bertz CT molecular complexity index is 593. The molecule has 1 aromatic carbocycles. The first-order chi connectivity index (χ1) is 10.5. The Hall–Kier alpha value is -2.76. The molecule has 0 unspecified atom stereocenters. The highest BCUT2D eigenvalue weighted by Crippen LogP contribution is 2.25. The molecule has 118 valence electrons. The van der Waals surface area contributed by atoms with E-state index in [2.05, 4.69) is 16.1 Å². The standard InChI is InChI=1S/C16H18O6/c1-10(15(17)21-4)14(16(18)22-5)8-11-6-12(19-2)9-13(7-11)20-3/h6-9H,1H2,2-5H3/b14-8+. The minimum absolute atomic E-state index is 0.00958. The summed E-state index contributed by atoms with van der Waals surface area (Å²) in [5.41, 5.74) is 0.474. The molecule has 0 aliphatic rings. The number of rotatable bonds is 6. The number of methoxy groups -OCH3 is 4. The van der Waals surface area contributed by atoms with Crippen LogP contribution in [0.15, 0.2) is 35.9 Å². The molecule has 0 radical (unpaired) electrons. The summed E-state index contributed by atoms with van der Waals surface area (Å²) >= 11 is 0. The highest BCUT2D eigenvalue weighted by atomic mass is 16.5. The summed E-state index contributed by atoms with van der Waals surface area (Å²) in [5.74, 6) is -0.333. The number of carbonyl (C=O) groups is 2. The summed E-state index contributed by atoms with van der Waals surface area (Å²) in [6.07, 6.45) is 1.45. The van der Waals surface area contributed by atoms with Crippen LogP contribution in [0, 0.1) is 0 Å². The molecule has 6 nitrogen and oxygen atoms in total. The van der Waals surface area contributed by atoms with Crippen LogP contribution in [0.3, 0.4) is 0 Å². The summed E-state index contributed by atoms with van der Waals surface area (Å²) < 4.78 is 19.6. The third-order valence-electron chi connectivity index (χ3n) is 2.85.